The summed E-state index contributed by atoms with van der Waals surface area (Å²) < 4.78 is 0. The average molecular weight is 244 g/mol. The molecule has 3 nitrogen and oxygen atoms in total. The van der Waals surface area contributed by atoms with E-state index in [0.717, 1.165) is 19.6 Å². The van der Waals surface area contributed by atoms with Gasteiger partial charge in [-0.2, -0.15) is 11.8 Å². The van der Waals surface area contributed by atoms with Crippen LogP contribution in [0.3, 0.4) is 0 Å². The molecule has 1 saturated heterocycles. The molecule has 1 amide bonds. The molecule has 0 spiro atoms. The molecule has 1 N–H and O–H groups in total. The highest BCUT2D eigenvalue weighted by molar-refractivity contribution is 7.99. The maximum absolute atomic E-state index is 12.1. The molecule has 0 aromatic heterocycles. The van der Waals surface area contributed by atoms with E-state index in [2.05, 4.69) is 18.5 Å². The van der Waals surface area contributed by atoms with Crippen molar-refractivity contribution in [3.63, 3.8) is 0 Å². The standard InChI is InChI=1S/C12H24N2OS/c1-10(16-3)9-13-11(2)12(15)14-7-5-4-6-8-14/h10-11,13H,4-9H2,1-3H3. The van der Waals surface area contributed by atoms with E-state index >= 15 is 0 Å². The van der Waals surface area contributed by atoms with Gasteiger partial charge in [0.05, 0.1) is 6.04 Å². The first-order chi connectivity index (χ1) is 7.65. The first-order valence-electron chi connectivity index (χ1n) is 6.20. The van der Waals surface area contributed by atoms with Gasteiger partial charge in [0.15, 0.2) is 0 Å². The van der Waals surface area contributed by atoms with Crippen LogP contribution in [-0.4, -0.2) is 48.0 Å². The third-order valence-electron chi connectivity index (χ3n) is 3.15. The van der Waals surface area contributed by atoms with Crippen molar-refractivity contribution in [3.05, 3.63) is 0 Å². The highest BCUT2D eigenvalue weighted by Gasteiger charge is 2.21. The number of nitrogens with zero attached hydrogens (tertiary/aromatic N) is 1. The summed E-state index contributed by atoms with van der Waals surface area (Å²) in [5.74, 6) is 0.271. The summed E-state index contributed by atoms with van der Waals surface area (Å²) in [6.07, 6.45) is 5.71. The fourth-order valence-electron chi connectivity index (χ4n) is 1.90. The van der Waals surface area contributed by atoms with Gasteiger partial charge in [-0.25, -0.2) is 0 Å². The summed E-state index contributed by atoms with van der Waals surface area (Å²) >= 11 is 1.83. The van der Waals surface area contributed by atoms with Gasteiger partial charge in [-0.15, -0.1) is 0 Å². The Bertz CT molecular complexity index is 217. The molecule has 94 valence electrons. The summed E-state index contributed by atoms with van der Waals surface area (Å²) in [4.78, 5) is 14.1. The van der Waals surface area contributed by atoms with Crippen molar-refractivity contribution >= 4 is 17.7 Å². The SMILES string of the molecule is CSC(C)CNC(C)C(=O)N1CCCCC1. The van der Waals surface area contributed by atoms with E-state index in [1.54, 1.807) is 0 Å². The van der Waals surface area contributed by atoms with E-state index < -0.39 is 0 Å². The van der Waals surface area contributed by atoms with Crippen LogP contribution >= 0.6 is 11.8 Å². The largest absolute Gasteiger partial charge is 0.341 e. The van der Waals surface area contributed by atoms with Gasteiger partial charge in [-0.3, -0.25) is 4.79 Å². The van der Waals surface area contributed by atoms with Crippen LogP contribution in [0.15, 0.2) is 0 Å². The van der Waals surface area contributed by atoms with Crippen molar-refractivity contribution < 1.29 is 4.79 Å². The second-order valence-corrected chi connectivity index (χ2v) is 5.84. The van der Waals surface area contributed by atoms with Gasteiger partial charge >= 0.3 is 0 Å². The molecule has 1 aliphatic rings. The van der Waals surface area contributed by atoms with Crippen molar-refractivity contribution in [3.8, 4) is 0 Å². The minimum Gasteiger partial charge on any atom is -0.341 e. The number of piperidine rings is 1. The summed E-state index contributed by atoms with van der Waals surface area (Å²) in [7, 11) is 0. The second kappa shape index (κ2) is 7.17. The van der Waals surface area contributed by atoms with Crippen LogP contribution < -0.4 is 5.32 Å². The molecule has 1 fully saturated rings. The summed E-state index contributed by atoms with van der Waals surface area (Å²) in [5, 5.41) is 3.88. The van der Waals surface area contributed by atoms with Crippen molar-refractivity contribution in [2.75, 3.05) is 25.9 Å². The Morgan fingerprint density at radius 1 is 1.31 bits per heavy atom. The topological polar surface area (TPSA) is 32.3 Å². The second-order valence-electron chi connectivity index (χ2n) is 4.56. The molecule has 0 saturated carbocycles. The first kappa shape index (κ1) is 13.8. The Morgan fingerprint density at radius 3 is 2.50 bits per heavy atom. The summed E-state index contributed by atoms with van der Waals surface area (Å²) in [6, 6.07) is -0.0345. The minimum atomic E-state index is -0.0345. The van der Waals surface area contributed by atoms with E-state index in [-0.39, 0.29) is 11.9 Å². The smallest absolute Gasteiger partial charge is 0.239 e. The van der Waals surface area contributed by atoms with Crippen molar-refractivity contribution in [1.82, 2.24) is 10.2 Å². The number of rotatable bonds is 5. The van der Waals surface area contributed by atoms with Crippen LogP contribution in [0.5, 0.6) is 0 Å². The lowest BCUT2D eigenvalue weighted by Gasteiger charge is -2.29. The Hall–Kier alpha value is -0.220. The zero-order chi connectivity index (χ0) is 12.0. The van der Waals surface area contributed by atoms with Crippen molar-refractivity contribution in [2.24, 2.45) is 0 Å². The van der Waals surface area contributed by atoms with Gasteiger partial charge in [0, 0.05) is 24.9 Å². The maximum Gasteiger partial charge on any atom is 0.239 e. The average Bonchev–Trinajstić information content (AvgIpc) is 2.35. The summed E-state index contributed by atoms with van der Waals surface area (Å²) in [6.45, 7) is 6.95. The van der Waals surface area contributed by atoms with Crippen LogP contribution in [0.4, 0.5) is 0 Å². The molecule has 1 aliphatic heterocycles. The van der Waals surface area contributed by atoms with Gasteiger partial charge in [-0.1, -0.05) is 6.92 Å². The van der Waals surface area contributed by atoms with Gasteiger partial charge in [0.25, 0.3) is 0 Å². The highest BCUT2D eigenvalue weighted by atomic mass is 32.2. The number of likely N-dealkylation sites (tertiary alicyclic amines) is 1. The third kappa shape index (κ3) is 4.34. The van der Waals surface area contributed by atoms with Crippen molar-refractivity contribution in [1.29, 1.82) is 0 Å². The molecule has 2 atom stereocenters. The molecule has 4 heteroatoms. The predicted molar refractivity (Wildman–Crippen MR) is 70.9 cm³/mol. The maximum atomic E-state index is 12.1. The molecule has 0 bridgehead atoms. The van der Waals surface area contributed by atoms with E-state index in [1.165, 1.54) is 19.3 Å². The number of nitrogens with one attached hydrogen (secondary N) is 1. The minimum absolute atomic E-state index is 0.0345. The lowest BCUT2D eigenvalue weighted by molar-refractivity contribution is -0.133. The van der Waals surface area contributed by atoms with Gasteiger partial charge in [0.1, 0.15) is 0 Å². The number of hydrogen-bond donors (Lipinski definition) is 1. The van der Waals surface area contributed by atoms with Crippen LogP contribution in [0.1, 0.15) is 33.1 Å². The Balaban J connectivity index is 2.29. The third-order valence-corrected chi connectivity index (χ3v) is 4.12. The number of carbonyl (C=O) groups excluding carboxylic acids is 1. The number of amides is 1. The van der Waals surface area contributed by atoms with E-state index in [4.69, 9.17) is 0 Å². The van der Waals surface area contributed by atoms with Crippen LogP contribution in [0, 0.1) is 0 Å². The molecule has 0 aliphatic carbocycles. The van der Waals surface area contributed by atoms with Crippen molar-refractivity contribution in [2.45, 2.75) is 44.4 Å². The summed E-state index contributed by atoms with van der Waals surface area (Å²) in [5.41, 5.74) is 0. The highest BCUT2D eigenvalue weighted by Crippen LogP contribution is 2.10. The molecule has 1 rings (SSSR count). The number of carbonyl (C=O) groups is 1. The molecule has 0 aromatic rings. The van der Waals surface area contributed by atoms with E-state index in [9.17, 15) is 4.79 Å². The molecule has 16 heavy (non-hydrogen) atoms. The van der Waals surface area contributed by atoms with Gasteiger partial charge in [-0.05, 0) is 32.4 Å². The van der Waals surface area contributed by atoms with Crippen LogP contribution in [0.25, 0.3) is 0 Å². The fourth-order valence-corrected chi connectivity index (χ4v) is 2.16. The number of hydrogen-bond acceptors (Lipinski definition) is 3. The molecule has 1 heterocycles. The molecular formula is C12H24N2OS. The Morgan fingerprint density at radius 2 is 1.94 bits per heavy atom. The quantitative estimate of drug-likeness (QED) is 0.799. The zero-order valence-electron chi connectivity index (χ0n) is 10.7. The monoisotopic (exact) mass is 244 g/mol. The Labute approximate surface area is 103 Å². The molecular weight excluding hydrogens is 220 g/mol. The molecule has 0 radical (unpaired) electrons. The lowest BCUT2D eigenvalue weighted by atomic mass is 10.1. The van der Waals surface area contributed by atoms with Gasteiger partial charge < -0.3 is 10.2 Å². The van der Waals surface area contributed by atoms with Crippen LogP contribution in [0.2, 0.25) is 0 Å². The van der Waals surface area contributed by atoms with Gasteiger partial charge in [0.2, 0.25) is 5.91 Å². The number of thioether (sulfide) groups is 1. The molecule has 0 aromatic carbocycles. The molecule has 2 unspecified atom stereocenters. The normalized spacial score (nSPS) is 20.6. The zero-order valence-corrected chi connectivity index (χ0v) is 11.5. The fraction of sp³-hybridized carbons (Fsp3) is 0.917. The van der Waals surface area contributed by atoms with E-state index in [1.807, 2.05) is 23.6 Å². The first-order valence-corrected chi connectivity index (χ1v) is 7.49. The van der Waals surface area contributed by atoms with E-state index in [0.29, 0.717) is 5.25 Å². The Kier molecular flexibility index (Phi) is 6.21. The predicted octanol–water partition coefficient (Wildman–Crippen LogP) is 1.73. The van der Waals surface area contributed by atoms with Crippen LogP contribution in [-0.2, 0) is 4.79 Å². The lowest BCUT2D eigenvalue weighted by Crippen LogP contribution is -2.47.